The Morgan fingerprint density at radius 1 is 0.842 bits per heavy atom. The van der Waals surface area contributed by atoms with Gasteiger partial charge in [-0.3, -0.25) is 9.37 Å². The van der Waals surface area contributed by atoms with Crippen molar-refractivity contribution in [2.75, 3.05) is 31.1 Å². The molecule has 2 saturated heterocycles. The van der Waals surface area contributed by atoms with E-state index in [9.17, 15) is 9.90 Å². The first-order valence-electron chi connectivity index (χ1n) is 13.2. The second-order valence-corrected chi connectivity index (χ2v) is 11.9. The summed E-state index contributed by atoms with van der Waals surface area (Å²) >= 11 is 3.02. The number of aromatic nitrogens is 1. The van der Waals surface area contributed by atoms with Gasteiger partial charge in [-0.05, 0) is 30.7 Å². The number of thiazole rings is 1. The van der Waals surface area contributed by atoms with Gasteiger partial charge in [-0.25, -0.2) is 4.98 Å². The molecule has 190 valence electrons. The van der Waals surface area contributed by atoms with Crippen LogP contribution >= 0.6 is 23.1 Å². The van der Waals surface area contributed by atoms with E-state index < -0.39 is 0 Å². The number of hydrogen-bond donors (Lipinski definition) is 1. The van der Waals surface area contributed by atoms with Crippen LogP contribution in [-0.2, 0) is 4.79 Å². The van der Waals surface area contributed by atoms with Crippen LogP contribution in [0.4, 0.5) is 5.13 Å². The van der Waals surface area contributed by atoms with Gasteiger partial charge in [-0.1, -0.05) is 72.0 Å². The molecule has 3 aliphatic heterocycles. The number of aliphatic imine (C=N–C) groups is 1. The number of allylic oxidation sites excluding steroid dienone is 3. The van der Waals surface area contributed by atoms with E-state index >= 15 is 0 Å². The summed E-state index contributed by atoms with van der Waals surface area (Å²) in [6, 6.07) is 19.9. The van der Waals surface area contributed by atoms with Gasteiger partial charge in [0.05, 0.1) is 39.7 Å². The number of Topliss-reactive ketones (excluding diaryl/α,β-unsaturated/α-hetero) is 1. The SMILES string of the molecule is O=C1C(c2sc(N3CCCC3)nc2-c2ccccc2)=C(O)/C1=C1/SC(=[N+]2CCCC2)N=C1c1ccccc1. The summed E-state index contributed by atoms with van der Waals surface area (Å²) in [7, 11) is 0. The van der Waals surface area contributed by atoms with Crippen LogP contribution in [0.15, 0.2) is 81.9 Å². The standard InChI is InChI=1S/C30H26N4O2S2/c35-25-21(27-23(19-11-3-1-4-12-19)31-29(37-27)33-15-7-8-16-33)26(36)22(25)28-24(20-13-5-2-6-14-20)32-30(38-28)34-17-9-10-18-34/h1-6,11-14H,7-10,15-18H2/p+1. The molecule has 0 radical (unpaired) electrons. The molecule has 1 aliphatic carbocycles. The smallest absolute Gasteiger partial charge is 0.360 e. The van der Waals surface area contributed by atoms with Gasteiger partial charge < -0.3 is 10.0 Å². The lowest BCUT2D eigenvalue weighted by molar-refractivity contribution is -0.503. The molecule has 2 aromatic carbocycles. The number of ketones is 1. The number of thioether (sulfide) groups is 1. The number of amidine groups is 1. The van der Waals surface area contributed by atoms with Gasteiger partial charge in [0.1, 0.15) is 5.76 Å². The molecule has 38 heavy (non-hydrogen) atoms. The molecule has 2 fully saturated rings. The number of aliphatic hydroxyl groups is 1. The summed E-state index contributed by atoms with van der Waals surface area (Å²) in [6.45, 7) is 3.88. The average molecular weight is 540 g/mol. The second kappa shape index (κ2) is 9.67. The Morgan fingerprint density at radius 2 is 1.50 bits per heavy atom. The largest absolute Gasteiger partial charge is 0.506 e. The zero-order chi connectivity index (χ0) is 25.6. The van der Waals surface area contributed by atoms with Crippen LogP contribution in [0.1, 0.15) is 36.1 Å². The monoisotopic (exact) mass is 539 g/mol. The lowest BCUT2D eigenvalue weighted by Gasteiger charge is -2.22. The van der Waals surface area contributed by atoms with Crippen molar-refractivity contribution in [3.63, 3.8) is 0 Å². The third kappa shape index (κ3) is 3.94. The quantitative estimate of drug-likeness (QED) is 0.330. The Hall–Kier alpha value is -3.49. The molecule has 0 unspecified atom stereocenters. The molecule has 0 saturated carbocycles. The molecule has 4 heterocycles. The van der Waals surface area contributed by atoms with E-state index in [0.717, 1.165) is 94.5 Å². The highest BCUT2D eigenvalue weighted by molar-refractivity contribution is 8.18. The van der Waals surface area contributed by atoms with Crippen LogP contribution in [0.2, 0.25) is 0 Å². The number of carbonyl (C=O) groups is 1. The molecule has 0 bridgehead atoms. The third-order valence-electron chi connectivity index (χ3n) is 7.46. The van der Waals surface area contributed by atoms with Gasteiger partial charge in [-0.15, -0.1) is 0 Å². The molecular weight excluding hydrogens is 512 g/mol. The fraction of sp³-hybridized carbons (Fsp3) is 0.267. The zero-order valence-corrected chi connectivity index (χ0v) is 22.5. The second-order valence-electron chi connectivity index (χ2n) is 9.90. The van der Waals surface area contributed by atoms with Gasteiger partial charge in [0.25, 0.3) is 0 Å². The molecule has 8 heteroatoms. The molecule has 4 aliphatic rings. The zero-order valence-electron chi connectivity index (χ0n) is 20.9. The minimum atomic E-state index is -0.134. The Morgan fingerprint density at radius 3 is 2.16 bits per heavy atom. The van der Waals surface area contributed by atoms with Crippen LogP contribution in [0.5, 0.6) is 0 Å². The average Bonchev–Trinajstić information content (AvgIpc) is 3.77. The Kier molecular flexibility index (Phi) is 6.01. The van der Waals surface area contributed by atoms with Crippen LogP contribution in [0, 0.1) is 0 Å². The van der Waals surface area contributed by atoms with Gasteiger partial charge in [0, 0.05) is 36.0 Å². The number of rotatable bonds is 4. The van der Waals surface area contributed by atoms with Crippen molar-refractivity contribution in [1.82, 2.24) is 4.98 Å². The lowest BCUT2D eigenvalue weighted by atomic mass is 9.84. The number of benzene rings is 2. The number of carbonyl (C=O) groups excluding carboxylic acids is 1. The van der Waals surface area contributed by atoms with Gasteiger partial charge in [0.2, 0.25) is 5.78 Å². The molecule has 7 rings (SSSR count). The molecule has 6 nitrogen and oxygen atoms in total. The number of anilines is 1. The Balaban J connectivity index is 1.36. The predicted molar refractivity (Wildman–Crippen MR) is 155 cm³/mol. The first kappa shape index (κ1) is 23.6. The van der Waals surface area contributed by atoms with Gasteiger partial charge in [0.15, 0.2) is 10.8 Å². The minimum absolute atomic E-state index is 0.0533. The normalized spacial score (nSPS) is 21.5. The first-order valence-corrected chi connectivity index (χ1v) is 14.8. The van der Waals surface area contributed by atoms with Crippen LogP contribution in [0.25, 0.3) is 16.8 Å². The maximum Gasteiger partial charge on any atom is 0.360 e. The summed E-state index contributed by atoms with van der Waals surface area (Å²) in [4.78, 5) is 27.6. The van der Waals surface area contributed by atoms with Gasteiger partial charge in [-0.2, -0.15) is 0 Å². The van der Waals surface area contributed by atoms with Gasteiger partial charge >= 0.3 is 5.17 Å². The Bertz CT molecular complexity index is 1550. The number of hydrogen-bond acceptors (Lipinski definition) is 6. The highest BCUT2D eigenvalue weighted by Gasteiger charge is 2.45. The van der Waals surface area contributed by atoms with Crippen molar-refractivity contribution in [3.05, 3.63) is 87.3 Å². The van der Waals surface area contributed by atoms with E-state index in [4.69, 9.17) is 9.98 Å². The van der Waals surface area contributed by atoms with Crippen LogP contribution in [-0.4, -0.2) is 57.5 Å². The fourth-order valence-corrected chi connectivity index (χ4v) is 7.82. The first-order chi connectivity index (χ1) is 18.7. The van der Waals surface area contributed by atoms with Crippen molar-refractivity contribution < 1.29 is 14.5 Å². The predicted octanol–water partition coefficient (Wildman–Crippen LogP) is 5.91. The van der Waals surface area contributed by atoms with E-state index in [0.29, 0.717) is 11.1 Å². The van der Waals surface area contributed by atoms with Crippen molar-refractivity contribution in [3.8, 4) is 11.3 Å². The van der Waals surface area contributed by atoms with E-state index in [1.165, 1.54) is 23.1 Å². The van der Waals surface area contributed by atoms with Crippen LogP contribution < -0.4 is 4.90 Å². The highest BCUT2D eigenvalue weighted by Crippen LogP contribution is 2.49. The summed E-state index contributed by atoms with van der Waals surface area (Å²) < 4.78 is 2.28. The molecule has 1 N–H and O–H groups in total. The summed E-state index contributed by atoms with van der Waals surface area (Å²) in [5, 5.41) is 13.3. The van der Waals surface area contributed by atoms with Crippen molar-refractivity contribution in [2.24, 2.45) is 4.99 Å². The van der Waals surface area contributed by atoms with E-state index in [1.807, 2.05) is 60.7 Å². The summed E-state index contributed by atoms with van der Waals surface area (Å²) in [6.07, 6.45) is 4.58. The summed E-state index contributed by atoms with van der Waals surface area (Å²) in [5.74, 6) is -0.0808. The van der Waals surface area contributed by atoms with E-state index in [2.05, 4.69) is 9.48 Å². The summed E-state index contributed by atoms with van der Waals surface area (Å²) in [5.41, 5.74) is 4.16. The molecule has 0 atom stereocenters. The number of nitrogens with zero attached hydrogens (tertiary/aromatic N) is 4. The molecule has 1 aromatic heterocycles. The van der Waals surface area contributed by atoms with Crippen molar-refractivity contribution in [2.45, 2.75) is 25.7 Å². The number of aliphatic hydroxyl groups excluding tert-OH is 1. The molecular formula is C30H27N4O2S2+. The van der Waals surface area contributed by atoms with Crippen molar-refractivity contribution in [1.29, 1.82) is 0 Å². The van der Waals surface area contributed by atoms with E-state index in [-0.39, 0.29) is 11.5 Å². The minimum Gasteiger partial charge on any atom is -0.506 e. The maximum absolute atomic E-state index is 13.9. The van der Waals surface area contributed by atoms with Crippen molar-refractivity contribution >= 4 is 50.5 Å². The fourth-order valence-electron chi connectivity index (χ4n) is 5.45. The molecule has 0 amide bonds. The highest BCUT2D eigenvalue weighted by atomic mass is 32.2. The molecule has 0 spiro atoms. The maximum atomic E-state index is 13.9. The van der Waals surface area contributed by atoms with Crippen LogP contribution in [0.3, 0.4) is 0 Å². The lowest BCUT2D eigenvalue weighted by Crippen LogP contribution is -2.24. The third-order valence-corrected chi connectivity index (χ3v) is 9.73. The van der Waals surface area contributed by atoms with E-state index in [1.54, 1.807) is 0 Å². The Labute approximate surface area is 229 Å². The topological polar surface area (TPSA) is 68.8 Å². The molecule has 3 aromatic rings.